The monoisotopic (exact) mass is 241 g/mol. The molecule has 2 aromatic carbocycles. The van der Waals surface area contributed by atoms with Crippen molar-refractivity contribution in [3.05, 3.63) is 60.2 Å². The van der Waals surface area contributed by atoms with Crippen LogP contribution in [0.15, 0.2) is 54.6 Å². The van der Waals surface area contributed by atoms with Crippen LogP contribution in [0.25, 0.3) is 0 Å². The van der Waals surface area contributed by atoms with Crippen LogP contribution in [-0.2, 0) is 0 Å². The molecule has 0 aliphatic heterocycles. The summed E-state index contributed by atoms with van der Waals surface area (Å²) in [6, 6.07) is 16.7. The third kappa shape index (κ3) is 2.69. The fourth-order valence-electron chi connectivity index (χ4n) is 1.70. The Kier molecular flexibility index (Phi) is 3.63. The summed E-state index contributed by atoms with van der Waals surface area (Å²) >= 11 is 0. The van der Waals surface area contributed by atoms with E-state index in [-0.39, 0.29) is 0 Å². The maximum absolute atomic E-state index is 12.0. The predicted molar refractivity (Wildman–Crippen MR) is 72.0 cm³/mol. The molecular formula is C15H15NO2. The molecule has 0 saturated heterocycles. The zero-order valence-electron chi connectivity index (χ0n) is 10.5. The van der Waals surface area contributed by atoms with Gasteiger partial charge in [0.05, 0.1) is 0 Å². The first-order chi connectivity index (χ1) is 8.68. The van der Waals surface area contributed by atoms with Gasteiger partial charge in [0.2, 0.25) is 0 Å². The summed E-state index contributed by atoms with van der Waals surface area (Å²) in [5.74, 6) is 0.544. The van der Waals surface area contributed by atoms with Gasteiger partial charge in [0.25, 0.3) is 0 Å². The van der Waals surface area contributed by atoms with Gasteiger partial charge >= 0.3 is 6.09 Å². The Labute approximate surface area is 107 Å². The van der Waals surface area contributed by atoms with Crippen molar-refractivity contribution in [2.75, 3.05) is 11.9 Å². The molecule has 18 heavy (non-hydrogen) atoms. The fourth-order valence-corrected chi connectivity index (χ4v) is 1.70. The summed E-state index contributed by atoms with van der Waals surface area (Å²) in [5, 5.41) is 0. The number of para-hydroxylation sites is 2. The largest absolute Gasteiger partial charge is 0.419 e. The second kappa shape index (κ2) is 5.36. The molecule has 3 nitrogen and oxygen atoms in total. The number of carbonyl (C=O) groups excluding carboxylic acids is 1. The summed E-state index contributed by atoms with van der Waals surface area (Å²) in [6.07, 6.45) is -0.393. The number of hydrogen-bond acceptors (Lipinski definition) is 2. The predicted octanol–water partition coefficient (Wildman–Crippen LogP) is 3.63. The molecule has 0 aromatic heterocycles. The smallest absolute Gasteiger partial charge is 0.410 e. The first-order valence-electron chi connectivity index (χ1n) is 5.74. The van der Waals surface area contributed by atoms with E-state index in [0.29, 0.717) is 5.75 Å². The molecule has 0 bridgehead atoms. The highest BCUT2D eigenvalue weighted by molar-refractivity contribution is 5.89. The van der Waals surface area contributed by atoms with Gasteiger partial charge < -0.3 is 4.74 Å². The second-order valence-corrected chi connectivity index (χ2v) is 4.03. The molecule has 1 amide bonds. The van der Waals surface area contributed by atoms with Crippen LogP contribution in [0.1, 0.15) is 5.56 Å². The molecule has 0 radical (unpaired) electrons. The van der Waals surface area contributed by atoms with Gasteiger partial charge in [0.15, 0.2) is 0 Å². The zero-order chi connectivity index (χ0) is 13.0. The molecule has 0 N–H and O–H groups in total. The van der Waals surface area contributed by atoms with Crippen molar-refractivity contribution >= 4 is 11.8 Å². The first-order valence-corrected chi connectivity index (χ1v) is 5.74. The molecular weight excluding hydrogens is 226 g/mol. The van der Waals surface area contributed by atoms with Crippen molar-refractivity contribution in [2.24, 2.45) is 0 Å². The minimum atomic E-state index is -0.393. The van der Waals surface area contributed by atoms with E-state index in [1.807, 2.05) is 49.4 Å². The molecule has 0 spiro atoms. The first kappa shape index (κ1) is 12.2. The third-order valence-electron chi connectivity index (χ3n) is 2.70. The molecule has 2 aromatic rings. The quantitative estimate of drug-likeness (QED) is 0.803. The Morgan fingerprint density at radius 1 is 1.00 bits per heavy atom. The van der Waals surface area contributed by atoms with Gasteiger partial charge in [-0.3, -0.25) is 4.90 Å². The molecule has 0 aliphatic rings. The van der Waals surface area contributed by atoms with E-state index in [1.54, 1.807) is 19.2 Å². The third-order valence-corrected chi connectivity index (χ3v) is 2.70. The van der Waals surface area contributed by atoms with Gasteiger partial charge in [-0.25, -0.2) is 4.79 Å². The summed E-state index contributed by atoms with van der Waals surface area (Å²) in [4.78, 5) is 13.5. The Bertz CT molecular complexity index is 537. The van der Waals surface area contributed by atoms with Crippen LogP contribution in [0.3, 0.4) is 0 Å². The average Bonchev–Trinajstić information content (AvgIpc) is 2.39. The Balaban J connectivity index is 2.13. The fraction of sp³-hybridized carbons (Fsp3) is 0.133. The number of aryl methyl sites for hydroxylation is 1. The summed E-state index contributed by atoms with van der Waals surface area (Å²) in [7, 11) is 1.70. The van der Waals surface area contributed by atoms with Crippen LogP contribution >= 0.6 is 0 Å². The van der Waals surface area contributed by atoms with E-state index >= 15 is 0 Å². The van der Waals surface area contributed by atoms with E-state index in [9.17, 15) is 4.79 Å². The van der Waals surface area contributed by atoms with Crippen molar-refractivity contribution in [3.63, 3.8) is 0 Å². The van der Waals surface area contributed by atoms with Crippen molar-refractivity contribution in [1.82, 2.24) is 0 Å². The average molecular weight is 241 g/mol. The maximum Gasteiger partial charge on any atom is 0.419 e. The Hall–Kier alpha value is -2.29. The van der Waals surface area contributed by atoms with Gasteiger partial charge in [-0.15, -0.1) is 0 Å². The molecule has 0 aliphatic carbocycles. The van der Waals surface area contributed by atoms with E-state index in [2.05, 4.69) is 0 Å². The summed E-state index contributed by atoms with van der Waals surface area (Å²) in [6.45, 7) is 1.96. The molecule has 0 unspecified atom stereocenters. The number of anilines is 1. The minimum Gasteiger partial charge on any atom is -0.410 e. The van der Waals surface area contributed by atoms with Gasteiger partial charge in [-0.05, 0) is 30.7 Å². The van der Waals surface area contributed by atoms with E-state index in [0.717, 1.165) is 11.3 Å². The lowest BCUT2D eigenvalue weighted by molar-refractivity contribution is 0.209. The molecule has 92 valence electrons. The SMILES string of the molecule is Cc1ccccc1N(C)C(=O)Oc1ccccc1. The van der Waals surface area contributed by atoms with Crippen LogP contribution in [0.4, 0.5) is 10.5 Å². The number of hydrogen-bond donors (Lipinski definition) is 0. The summed E-state index contributed by atoms with van der Waals surface area (Å²) < 4.78 is 5.27. The van der Waals surface area contributed by atoms with Crippen LogP contribution in [0, 0.1) is 6.92 Å². The lowest BCUT2D eigenvalue weighted by Crippen LogP contribution is -2.29. The summed E-state index contributed by atoms with van der Waals surface area (Å²) in [5.41, 5.74) is 1.88. The normalized spacial score (nSPS) is 9.89. The van der Waals surface area contributed by atoms with Crippen LogP contribution in [0.5, 0.6) is 5.75 Å². The van der Waals surface area contributed by atoms with Crippen molar-refractivity contribution in [2.45, 2.75) is 6.92 Å². The van der Waals surface area contributed by atoms with E-state index < -0.39 is 6.09 Å². The topological polar surface area (TPSA) is 29.5 Å². The molecule has 0 heterocycles. The van der Waals surface area contributed by atoms with Gasteiger partial charge in [0.1, 0.15) is 5.75 Å². The molecule has 0 saturated carbocycles. The minimum absolute atomic E-state index is 0.393. The molecule has 2 rings (SSSR count). The van der Waals surface area contributed by atoms with Crippen molar-refractivity contribution in [3.8, 4) is 5.75 Å². The Morgan fingerprint density at radius 2 is 1.61 bits per heavy atom. The molecule has 3 heteroatoms. The van der Waals surface area contributed by atoms with Crippen molar-refractivity contribution < 1.29 is 9.53 Å². The molecule has 0 fully saturated rings. The number of amides is 1. The van der Waals surface area contributed by atoms with Gasteiger partial charge in [-0.1, -0.05) is 36.4 Å². The highest BCUT2D eigenvalue weighted by Crippen LogP contribution is 2.19. The van der Waals surface area contributed by atoms with Crippen LogP contribution in [0.2, 0.25) is 0 Å². The van der Waals surface area contributed by atoms with E-state index in [1.165, 1.54) is 4.90 Å². The lowest BCUT2D eigenvalue weighted by atomic mass is 10.2. The van der Waals surface area contributed by atoms with Gasteiger partial charge in [0, 0.05) is 12.7 Å². The number of benzene rings is 2. The Morgan fingerprint density at radius 3 is 2.28 bits per heavy atom. The van der Waals surface area contributed by atoms with Crippen LogP contribution < -0.4 is 9.64 Å². The number of rotatable bonds is 2. The van der Waals surface area contributed by atoms with Crippen LogP contribution in [-0.4, -0.2) is 13.1 Å². The maximum atomic E-state index is 12.0. The lowest BCUT2D eigenvalue weighted by Gasteiger charge is -2.18. The number of ether oxygens (including phenoxy) is 1. The highest BCUT2D eigenvalue weighted by atomic mass is 16.6. The standard InChI is InChI=1S/C15H15NO2/c1-12-8-6-7-11-14(12)16(2)15(17)18-13-9-4-3-5-10-13/h3-11H,1-2H3. The molecule has 0 atom stereocenters. The second-order valence-electron chi connectivity index (χ2n) is 4.03. The zero-order valence-corrected chi connectivity index (χ0v) is 10.5. The highest BCUT2D eigenvalue weighted by Gasteiger charge is 2.14. The van der Waals surface area contributed by atoms with Crippen molar-refractivity contribution in [1.29, 1.82) is 0 Å². The number of nitrogens with zero attached hydrogens (tertiary/aromatic N) is 1. The van der Waals surface area contributed by atoms with E-state index in [4.69, 9.17) is 4.74 Å². The number of carbonyl (C=O) groups is 1. The van der Waals surface area contributed by atoms with Gasteiger partial charge in [-0.2, -0.15) is 0 Å².